The van der Waals surface area contributed by atoms with Gasteiger partial charge in [-0.3, -0.25) is 4.79 Å². The van der Waals surface area contributed by atoms with Crippen molar-refractivity contribution in [2.45, 2.75) is 19.4 Å². The third-order valence-electron chi connectivity index (χ3n) is 3.30. The Morgan fingerprint density at radius 2 is 2.22 bits per heavy atom. The zero-order chi connectivity index (χ0) is 13.3. The molecule has 1 heterocycles. The number of amides is 1. The second kappa shape index (κ2) is 5.16. The summed E-state index contributed by atoms with van der Waals surface area (Å²) < 4.78 is 5.31. The molecule has 4 nitrogen and oxygen atoms in total. The Kier molecular flexibility index (Phi) is 3.78. The van der Waals surface area contributed by atoms with Gasteiger partial charge in [0, 0.05) is 17.6 Å². The molecule has 0 saturated carbocycles. The Balaban J connectivity index is 2.39. The van der Waals surface area contributed by atoms with Gasteiger partial charge in [0.05, 0.1) is 18.8 Å². The highest BCUT2D eigenvalue weighted by molar-refractivity contribution is 6.31. The number of nitrogens with one attached hydrogen (secondary N) is 1. The van der Waals surface area contributed by atoms with E-state index >= 15 is 0 Å². The predicted molar refractivity (Wildman–Crippen MR) is 72.6 cm³/mol. The monoisotopic (exact) mass is 268 g/mol. The highest BCUT2D eigenvalue weighted by Gasteiger charge is 2.33. The van der Waals surface area contributed by atoms with Gasteiger partial charge in [-0.2, -0.15) is 0 Å². The van der Waals surface area contributed by atoms with E-state index in [0.717, 1.165) is 17.7 Å². The zero-order valence-electron chi connectivity index (χ0n) is 10.8. The molecule has 2 rings (SSSR count). The molecule has 98 valence electrons. The van der Waals surface area contributed by atoms with Gasteiger partial charge >= 0.3 is 0 Å². The number of nitrogens with zero attached hydrogens (tertiary/aromatic N) is 1. The molecule has 1 aliphatic heterocycles. The lowest BCUT2D eigenvalue weighted by atomic mass is 10.2. The molecule has 18 heavy (non-hydrogen) atoms. The number of hydrogen-bond donors (Lipinski definition) is 1. The fourth-order valence-corrected chi connectivity index (χ4v) is 2.36. The number of carbonyl (C=O) groups is 1. The van der Waals surface area contributed by atoms with Crippen LogP contribution in [-0.2, 0) is 4.79 Å². The predicted octanol–water partition coefficient (Wildman–Crippen LogP) is 1.98. The summed E-state index contributed by atoms with van der Waals surface area (Å²) in [7, 11) is 3.39. The average Bonchev–Trinajstić information content (AvgIpc) is 2.73. The van der Waals surface area contributed by atoms with Gasteiger partial charge in [-0.15, -0.1) is 0 Å². The van der Waals surface area contributed by atoms with E-state index in [4.69, 9.17) is 16.3 Å². The minimum atomic E-state index is -0.106. The van der Waals surface area contributed by atoms with Crippen molar-refractivity contribution >= 4 is 23.2 Å². The topological polar surface area (TPSA) is 41.6 Å². The van der Waals surface area contributed by atoms with Gasteiger partial charge < -0.3 is 15.0 Å². The van der Waals surface area contributed by atoms with E-state index in [-0.39, 0.29) is 11.9 Å². The second-order valence-electron chi connectivity index (χ2n) is 4.39. The molecule has 1 aromatic carbocycles. The number of likely N-dealkylation sites (N-methyl/N-ethyl adjacent to an activating group) is 1. The van der Waals surface area contributed by atoms with Crippen molar-refractivity contribution in [2.75, 3.05) is 25.6 Å². The molecule has 0 bridgehead atoms. The molecule has 0 spiro atoms. The molecular formula is C13H17ClN2O2. The minimum Gasteiger partial charge on any atom is -0.495 e. The molecule has 1 aliphatic rings. The lowest BCUT2D eigenvalue weighted by Crippen LogP contribution is -2.36. The van der Waals surface area contributed by atoms with Crippen LogP contribution in [0.5, 0.6) is 5.75 Å². The van der Waals surface area contributed by atoms with E-state index in [1.165, 1.54) is 0 Å². The Labute approximate surface area is 112 Å². The quantitative estimate of drug-likeness (QED) is 0.912. The Morgan fingerprint density at radius 3 is 2.78 bits per heavy atom. The summed E-state index contributed by atoms with van der Waals surface area (Å²) >= 11 is 6.07. The van der Waals surface area contributed by atoms with Gasteiger partial charge in [-0.1, -0.05) is 11.6 Å². The number of anilines is 1. The van der Waals surface area contributed by atoms with Crippen molar-refractivity contribution in [3.63, 3.8) is 0 Å². The molecule has 1 atom stereocenters. The van der Waals surface area contributed by atoms with Crippen molar-refractivity contribution in [3.8, 4) is 5.75 Å². The molecule has 0 aliphatic carbocycles. The van der Waals surface area contributed by atoms with Gasteiger partial charge in [0.25, 0.3) is 0 Å². The van der Waals surface area contributed by atoms with E-state index in [1.54, 1.807) is 25.1 Å². The van der Waals surface area contributed by atoms with Crippen molar-refractivity contribution in [2.24, 2.45) is 0 Å². The fraction of sp³-hybridized carbons (Fsp3) is 0.462. The molecule has 1 unspecified atom stereocenters. The molecule has 1 N–H and O–H groups in total. The van der Waals surface area contributed by atoms with Crippen LogP contribution in [-0.4, -0.2) is 32.7 Å². The molecule has 0 aromatic heterocycles. The normalized spacial score (nSPS) is 19.4. The first-order valence-corrected chi connectivity index (χ1v) is 6.29. The summed E-state index contributed by atoms with van der Waals surface area (Å²) in [6.45, 7) is 2.61. The van der Waals surface area contributed by atoms with E-state index in [9.17, 15) is 4.79 Å². The molecule has 1 saturated heterocycles. The third-order valence-corrected chi connectivity index (χ3v) is 3.71. The highest BCUT2D eigenvalue weighted by atomic mass is 35.5. The third kappa shape index (κ3) is 2.18. The number of carbonyl (C=O) groups excluding carboxylic acids is 1. The Hall–Kier alpha value is -1.26. The zero-order valence-corrected chi connectivity index (χ0v) is 11.5. The second-order valence-corrected chi connectivity index (χ2v) is 4.80. The summed E-state index contributed by atoms with van der Waals surface area (Å²) in [4.78, 5) is 13.9. The van der Waals surface area contributed by atoms with Crippen LogP contribution in [0.1, 0.15) is 12.0 Å². The molecule has 1 fully saturated rings. The van der Waals surface area contributed by atoms with Crippen LogP contribution in [0.2, 0.25) is 5.02 Å². The minimum absolute atomic E-state index is 0.0810. The first-order chi connectivity index (χ1) is 8.58. The van der Waals surface area contributed by atoms with Crippen molar-refractivity contribution in [3.05, 3.63) is 22.7 Å². The van der Waals surface area contributed by atoms with E-state index in [1.807, 2.05) is 13.0 Å². The number of rotatable bonds is 3. The van der Waals surface area contributed by atoms with Gasteiger partial charge in [0.2, 0.25) is 5.91 Å². The lowest BCUT2D eigenvalue weighted by molar-refractivity contribution is -0.118. The molecule has 0 radical (unpaired) electrons. The van der Waals surface area contributed by atoms with E-state index in [0.29, 0.717) is 17.3 Å². The fourth-order valence-electron chi connectivity index (χ4n) is 2.21. The van der Waals surface area contributed by atoms with Crippen LogP contribution in [0.4, 0.5) is 5.69 Å². The number of halogens is 1. The summed E-state index contributed by atoms with van der Waals surface area (Å²) in [5, 5.41) is 3.66. The van der Waals surface area contributed by atoms with Crippen LogP contribution < -0.4 is 15.0 Å². The number of aryl methyl sites for hydroxylation is 1. The van der Waals surface area contributed by atoms with E-state index < -0.39 is 0 Å². The number of benzene rings is 1. The number of ether oxygens (including phenoxy) is 1. The van der Waals surface area contributed by atoms with Gasteiger partial charge in [0.1, 0.15) is 5.75 Å². The van der Waals surface area contributed by atoms with Crippen LogP contribution in [0, 0.1) is 6.92 Å². The summed E-state index contributed by atoms with van der Waals surface area (Å²) in [5.41, 5.74) is 1.73. The van der Waals surface area contributed by atoms with Crippen LogP contribution in [0.3, 0.4) is 0 Å². The smallest absolute Gasteiger partial charge is 0.244 e. The first-order valence-electron chi connectivity index (χ1n) is 5.91. The van der Waals surface area contributed by atoms with Gasteiger partial charge in [0.15, 0.2) is 0 Å². The first kappa shape index (κ1) is 13.2. The maximum atomic E-state index is 12.2. The maximum absolute atomic E-state index is 12.2. The summed E-state index contributed by atoms with van der Waals surface area (Å²) in [5.74, 6) is 0.716. The summed E-state index contributed by atoms with van der Waals surface area (Å²) in [6, 6.07) is 3.55. The van der Waals surface area contributed by atoms with Crippen LogP contribution >= 0.6 is 11.6 Å². The number of methoxy groups -OCH3 is 1. The van der Waals surface area contributed by atoms with Crippen molar-refractivity contribution < 1.29 is 9.53 Å². The van der Waals surface area contributed by atoms with Crippen molar-refractivity contribution in [1.82, 2.24) is 5.32 Å². The maximum Gasteiger partial charge on any atom is 0.244 e. The molecule has 1 aromatic rings. The van der Waals surface area contributed by atoms with Crippen LogP contribution in [0.15, 0.2) is 12.1 Å². The largest absolute Gasteiger partial charge is 0.495 e. The molecular weight excluding hydrogens is 252 g/mol. The Bertz CT molecular complexity index is 476. The lowest BCUT2D eigenvalue weighted by Gasteiger charge is -2.20. The van der Waals surface area contributed by atoms with Crippen LogP contribution in [0.25, 0.3) is 0 Å². The number of hydrogen-bond acceptors (Lipinski definition) is 3. The van der Waals surface area contributed by atoms with E-state index in [2.05, 4.69) is 5.32 Å². The van der Waals surface area contributed by atoms with Crippen molar-refractivity contribution in [1.29, 1.82) is 0 Å². The summed E-state index contributed by atoms with van der Waals surface area (Å²) in [6.07, 6.45) is 0.806. The average molecular weight is 269 g/mol. The molecule has 1 amide bonds. The standard InChI is InChI=1S/C13H17ClN2O2/c1-8-6-11(12(18-3)7-9(8)14)16-5-4-10(15-2)13(16)17/h6-7,10,15H,4-5H2,1-3H3. The van der Waals surface area contributed by atoms with Gasteiger partial charge in [-0.25, -0.2) is 0 Å². The Morgan fingerprint density at radius 1 is 1.50 bits per heavy atom. The highest BCUT2D eigenvalue weighted by Crippen LogP contribution is 2.35. The molecule has 5 heteroatoms. The van der Waals surface area contributed by atoms with Gasteiger partial charge in [-0.05, 0) is 32.0 Å². The SMILES string of the molecule is CNC1CCN(c2cc(C)c(Cl)cc2OC)C1=O.